The van der Waals surface area contributed by atoms with Crippen LogP contribution in [0.2, 0.25) is 0 Å². The predicted octanol–water partition coefficient (Wildman–Crippen LogP) is 2.18. The molecule has 1 atom stereocenters. The van der Waals surface area contributed by atoms with E-state index in [1.54, 1.807) is 19.0 Å². The fourth-order valence-electron chi connectivity index (χ4n) is 2.98. The third kappa shape index (κ3) is 5.71. The molecule has 144 valence electrons. The van der Waals surface area contributed by atoms with Gasteiger partial charge < -0.3 is 15.1 Å². The topological polar surface area (TPSA) is 51.2 Å². The highest BCUT2D eigenvalue weighted by molar-refractivity contribution is 9.10. The second-order valence-electron chi connectivity index (χ2n) is 6.71. The summed E-state index contributed by atoms with van der Waals surface area (Å²) in [4.78, 5) is 22.6. The number of halogens is 1. The number of benzene rings is 1. The van der Waals surface area contributed by atoms with Gasteiger partial charge in [0.1, 0.15) is 6.54 Å². The molecule has 0 radical (unpaired) electrons. The van der Waals surface area contributed by atoms with Gasteiger partial charge in [-0.3, -0.25) is 9.69 Å². The third-order valence-corrected chi connectivity index (χ3v) is 5.24. The van der Waals surface area contributed by atoms with Crippen LogP contribution < -0.4 is 5.32 Å². The van der Waals surface area contributed by atoms with Crippen LogP contribution in [0.4, 0.5) is 0 Å². The molecule has 0 bridgehead atoms. The highest BCUT2D eigenvalue weighted by Gasteiger charge is 2.23. The maximum atomic E-state index is 11.8. The lowest BCUT2D eigenvalue weighted by Gasteiger charge is -2.39. The second kappa shape index (κ2) is 9.92. The minimum atomic E-state index is 0.0166. The Kier molecular flexibility index (Phi) is 7.90. The molecule has 6 nitrogen and oxygen atoms in total. The number of guanidine groups is 1. The molecule has 1 unspecified atom stereocenters. The minimum absolute atomic E-state index is 0.0166. The van der Waals surface area contributed by atoms with Crippen LogP contribution in [0.25, 0.3) is 0 Å². The second-order valence-corrected chi connectivity index (χ2v) is 7.62. The van der Waals surface area contributed by atoms with Crippen molar-refractivity contribution < 1.29 is 4.79 Å². The van der Waals surface area contributed by atoms with Gasteiger partial charge in [0.05, 0.1) is 0 Å². The Labute approximate surface area is 165 Å². The third-order valence-electron chi connectivity index (χ3n) is 4.71. The molecule has 0 saturated carbocycles. The fourth-order valence-corrected chi connectivity index (χ4v) is 3.25. The molecule has 26 heavy (non-hydrogen) atoms. The monoisotopic (exact) mass is 423 g/mol. The van der Waals surface area contributed by atoms with Gasteiger partial charge in [-0.2, -0.15) is 0 Å². The van der Waals surface area contributed by atoms with E-state index in [-0.39, 0.29) is 12.5 Å². The fraction of sp³-hybridized carbons (Fsp3) is 0.579. The van der Waals surface area contributed by atoms with Crippen molar-refractivity contribution in [3.8, 4) is 0 Å². The zero-order valence-corrected chi connectivity index (χ0v) is 17.8. The summed E-state index contributed by atoms with van der Waals surface area (Å²) in [5.74, 6) is 0.849. The summed E-state index contributed by atoms with van der Waals surface area (Å²) in [5.41, 5.74) is 1.33. The molecule has 1 aromatic rings. The molecular formula is C19H30BrN5O. The lowest BCUT2D eigenvalue weighted by Crippen LogP contribution is -2.53. The summed E-state index contributed by atoms with van der Waals surface area (Å²) < 4.78 is 1.11. The molecule has 7 heteroatoms. The van der Waals surface area contributed by atoms with Crippen molar-refractivity contribution in [3.63, 3.8) is 0 Å². The summed E-state index contributed by atoms with van der Waals surface area (Å²) in [6.45, 7) is 9.05. The molecule has 0 spiro atoms. The highest BCUT2D eigenvalue weighted by atomic mass is 79.9. The standard InChI is InChI=1S/C19H30BrN5O/c1-5-21-19(22-14-18(26)23(3)4)25-12-10-24(11-13-25)15(2)16-6-8-17(20)9-7-16/h6-9,15H,5,10-14H2,1-4H3,(H,21,22). The number of nitrogens with zero attached hydrogens (tertiary/aromatic N) is 4. The van der Waals surface area contributed by atoms with Gasteiger partial charge in [-0.1, -0.05) is 28.1 Å². The number of rotatable bonds is 5. The van der Waals surface area contributed by atoms with E-state index < -0.39 is 0 Å². The van der Waals surface area contributed by atoms with Gasteiger partial charge in [-0.05, 0) is 31.5 Å². The smallest absolute Gasteiger partial charge is 0.243 e. The van der Waals surface area contributed by atoms with Crippen LogP contribution in [-0.4, -0.2) is 79.9 Å². The average molecular weight is 424 g/mol. The van der Waals surface area contributed by atoms with Crippen LogP contribution in [-0.2, 0) is 4.79 Å². The van der Waals surface area contributed by atoms with Crippen molar-refractivity contribution >= 4 is 27.8 Å². The molecular weight excluding hydrogens is 394 g/mol. The minimum Gasteiger partial charge on any atom is -0.357 e. The van der Waals surface area contributed by atoms with Crippen molar-refractivity contribution in [1.82, 2.24) is 20.0 Å². The number of likely N-dealkylation sites (N-methyl/N-ethyl adjacent to an activating group) is 1. The maximum Gasteiger partial charge on any atom is 0.243 e. The number of hydrogen-bond acceptors (Lipinski definition) is 3. The van der Waals surface area contributed by atoms with Crippen molar-refractivity contribution in [3.05, 3.63) is 34.3 Å². The summed E-state index contributed by atoms with van der Waals surface area (Å²) in [7, 11) is 3.51. The Morgan fingerprint density at radius 1 is 1.23 bits per heavy atom. The van der Waals surface area contributed by atoms with E-state index in [0.717, 1.165) is 43.2 Å². The first-order chi connectivity index (χ1) is 12.4. The molecule has 1 N–H and O–H groups in total. The zero-order chi connectivity index (χ0) is 19.1. The first-order valence-electron chi connectivity index (χ1n) is 9.15. The van der Waals surface area contributed by atoms with E-state index >= 15 is 0 Å². The molecule has 1 aromatic carbocycles. The molecule has 0 aliphatic carbocycles. The van der Waals surface area contributed by atoms with E-state index in [0.29, 0.717) is 6.04 Å². The molecule has 1 amide bonds. The van der Waals surface area contributed by atoms with Crippen LogP contribution in [0.15, 0.2) is 33.7 Å². The Morgan fingerprint density at radius 3 is 2.38 bits per heavy atom. The van der Waals surface area contributed by atoms with Gasteiger partial charge >= 0.3 is 0 Å². The summed E-state index contributed by atoms with van der Waals surface area (Å²) >= 11 is 3.50. The van der Waals surface area contributed by atoms with Crippen molar-refractivity contribution in [2.24, 2.45) is 4.99 Å². The zero-order valence-electron chi connectivity index (χ0n) is 16.2. The molecule has 1 heterocycles. The van der Waals surface area contributed by atoms with Gasteiger partial charge in [0.25, 0.3) is 0 Å². The molecule has 1 saturated heterocycles. The lowest BCUT2D eigenvalue weighted by atomic mass is 10.1. The van der Waals surface area contributed by atoms with Gasteiger partial charge in [0.2, 0.25) is 5.91 Å². The summed E-state index contributed by atoms with van der Waals surface area (Å²) in [6.07, 6.45) is 0. The van der Waals surface area contributed by atoms with Gasteiger partial charge in [0.15, 0.2) is 5.96 Å². The molecule has 1 aliphatic rings. The number of nitrogens with one attached hydrogen (secondary N) is 1. The van der Waals surface area contributed by atoms with Crippen molar-refractivity contribution in [1.29, 1.82) is 0 Å². The number of carbonyl (C=O) groups is 1. The SMILES string of the molecule is CCNC(=NCC(=O)N(C)C)N1CCN(C(C)c2ccc(Br)cc2)CC1. The van der Waals surface area contributed by atoms with Crippen LogP contribution in [0.5, 0.6) is 0 Å². The number of piperazine rings is 1. The van der Waals surface area contributed by atoms with E-state index in [4.69, 9.17) is 0 Å². The van der Waals surface area contributed by atoms with E-state index in [9.17, 15) is 4.79 Å². The maximum absolute atomic E-state index is 11.8. The lowest BCUT2D eigenvalue weighted by molar-refractivity contribution is -0.127. The Morgan fingerprint density at radius 2 is 1.85 bits per heavy atom. The number of aliphatic imine (C=N–C) groups is 1. The van der Waals surface area contributed by atoms with Crippen molar-refractivity contribution in [2.75, 3.05) is 53.4 Å². The highest BCUT2D eigenvalue weighted by Crippen LogP contribution is 2.23. The van der Waals surface area contributed by atoms with E-state index in [1.807, 2.05) is 0 Å². The number of carbonyl (C=O) groups excluding carboxylic acids is 1. The van der Waals surface area contributed by atoms with Gasteiger partial charge in [0, 0.05) is 57.3 Å². The quantitative estimate of drug-likeness (QED) is 0.582. The molecule has 2 rings (SSSR count). The molecule has 1 fully saturated rings. The number of amides is 1. The number of hydrogen-bond donors (Lipinski definition) is 1. The van der Waals surface area contributed by atoms with Crippen LogP contribution in [0, 0.1) is 0 Å². The Bertz CT molecular complexity index is 609. The molecule has 1 aliphatic heterocycles. The van der Waals surface area contributed by atoms with Gasteiger partial charge in [-0.25, -0.2) is 4.99 Å². The summed E-state index contributed by atoms with van der Waals surface area (Å²) in [5, 5.41) is 3.31. The van der Waals surface area contributed by atoms with E-state index in [2.05, 4.69) is 74.2 Å². The van der Waals surface area contributed by atoms with Crippen molar-refractivity contribution in [2.45, 2.75) is 19.9 Å². The first-order valence-corrected chi connectivity index (χ1v) is 9.94. The van der Waals surface area contributed by atoms with Crippen LogP contribution in [0.3, 0.4) is 0 Å². The average Bonchev–Trinajstić information content (AvgIpc) is 2.65. The van der Waals surface area contributed by atoms with Gasteiger partial charge in [-0.15, -0.1) is 0 Å². The normalized spacial score (nSPS) is 17.1. The summed E-state index contributed by atoms with van der Waals surface area (Å²) in [6, 6.07) is 8.94. The van der Waals surface area contributed by atoms with Crippen LogP contribution in [0.1, 0.15) is 25.5 Å². The largest absolute Gasteiger partial charge is 0.357 e. The molecule has 0 aromatic heterocycles. The predicted molar refractivity (Wildman–Crippen MR) is 110 cm³/mol. The first kappa shape index (κ1) is 20.7. The van der Waals surface area contributed by atoms with Crippen LogP contribution >= 0.6 is 15.9 Å². The Balaban J connectivity index is 1.95. The Hall–Kier alpha value is -1.60. The van der Waals surface area contributed by atoms with E-state index in [1.165, 1.54) is 5.56 Å².